The highest BCUT2D eigenvalue weighted by molar-refractivity contribution is 7.92. The summed E-state index contributed by atoms with van der Waals surface area (Å²) in [4.78, 5) is 27.6. The van der Waals surface area contributed by atoms with Crippen molar-refractivity contribution in [3.05, 3.63) is 52.9 Å². The lowest BCUT2D eigenvalue weighted by atomic mass is 10.0. The van der Waals surface area contributed by atoms with Gasteiger partial charge in [0, 0.05) is 41.5 Å². The van der Waals surface area contributed by atoms with Crippen molar-refractivity contribution in [1.82, 2.24) is 19.9 Å². The number of carbonyl (C=O) groups is 1. The van der Waals surface area contributed by atoms with Crippen molar-refractivity contribution in [2.45, 2.75) is 65.0 Å². The molecule has 49 heavy (non-hydrogen) atoms. The first-order valence-corrected chi connectivity index (χ1v) is 17.4. The second-order valence-corrected chi connectivity index (χ2v) is 15.4. The molecule has 264 valence electrons. The average Bonchev–Trinajstić information content (AvgIpc) is 3.35. The molecule has 1 saturated heterocycles. The molecule has 1 aliphatic rings. The predicted molar refractivity (Wildman–Crippen MR) is 175 cm³/mol. The molecule has 2 atom stereocenters. The molecule has 1 amide bonds. The summed E-state index contributed by atoms with van der Waals surface area (Å²) in [5.41, 5.74) is -1.22. The van der Waals surface area contributed by atoms with Gasteiger partial charge >= 0.3 is 12.3 Å². The van der Waals surface area contributed by atoms with Crippen molar-refractivity contribution >= 4 is 49.9 Å². The number of aryl methyl sites for hydroxylation is 1. The quantitative estimate of drug-likeness (QED) is 0.178. The van der Waals surface area contributed by atoms with E-state index in [-0.39, 0.29) is 53.4 Å². The second-order valence-electron chi connectivity index (χ2n) is 12.5. The van der Waals surface area contributed by atoms with Crippen molar-refractivity contribution in [3.8, 4) is 22.2 Å². The molecule has 3 heterocycles. The predicted octanol–water partition coefficient (Wildman–Crippen LogP) is 7.36. The van der Waals surface area contributed by atoms with E-state index >= 15 is 4.39 Å². The lowest BCUT2D eigenvalue weighted by Crippen LogP contribution is -2.51. The minimum Gasteiger partial charge on any atom is -0.444 e. The van der Waals surface area contributed by atoms with E-state index < -0.39 is 57.4 Å². The largest absolute Gasteiger partial charge is 0.444 e. The number of anilines is 2. The van der Waals surface area contributed by atoms with Gasteiger partial charge in [0.25, 0.3) is 0 Å². The standard InChI is InChI=1S/C31H33F5N6O5S2/c1-16-23(33)24(41-49(44,45)15-31(34,35)36)20-8-6-7-9-21(20)25(16)46-27-26(48-17(2)38-27)22-10-11-37-28(40-22)39-19-12-18(32)13-42(14-19)29(43)47-30(3,4)5/h6-11,18-19,41H,12-15H2,1-5H3,(H,37,39,40)/t18-,19-/m0/s1. The summed E-state index contributed by atoms with van der Waals surface area (Å²) >= 11 is 1.21. The number of nitrogens with one attached hydrogen (secondary N) is 2. The molecule has 0 radical (unpaired) electrons. The number of hydrogen-bond donors (Lipinski definition) is 2. The summed E-state index contributed by atoms with van der Waals surface area (Å²) in [5, 5.41) is 3.81. The molecule has 0 bridgehead atoms. The summed E-state index contributed by atoms with van der Waals surface area (Å²) in [6.07, 6.45) is -5.42. The van der Waals surface area contributed by atoms with E-state index in [2.05, 4.69) is 20.3 Å². The Morgan fingerprint density at radius 3 is 2.45 bits per heavy atom. The molecule has 2 N–H and O–H groups in total. The van der Waals surface area contributed by atoms with Gasteiger partial charge < -0.3 is 19.7 Å². The van der Waals surface area contributed by atoms with Gasteiger partial charge in [-0.3, -0.25) is 4.72 Å². The van der Waals surface area contributed by atoms with Gasteiger partial charge in [-0.25, -0.2) is 36.9 Å². The third-order valence-electron chi connectivity index (χ3n) is 7.12. The van der Waals surface area contributed by atoms with E-state index in [4.69, 9.17) is 9.47 Å². The highest BCUT2D eigenvalue weighted by atomic mass is 32.2. The number of rotatable bonds is 8. The Balaban J connectivity index is 1.44. The summed E-state index contributed by atoms with van der Waals surface area (Å²) in [5.74, 6) is -3.19. The van der Waals surface area contributed by atoms with Gasteiger partial charge in [0.05, 0.1) is 22.9 Å². The van der Waals surface area contributed by atoms with Crippen LogP contribution in [0.15, 0.2) is 36.5 Å². The third kappa shape index (κ3) is 8.83. The molecule has 2 aromatic carbocycles. The lowest BCUT2D eigenvalue weighted by Gasteiger charge is -2.36. The zero-order valence-corrected chi connectivity index (χ0v) is 28.6. The van der Waals surface area contributed by atoms with Crippen LogP contribution in [-0.2, 0) is 14.8 Å². The van der Waals surface area contributed by atoms with Crippen molar-refractivity contribution in [1.29, 1.82) is 0 Å². The number of piperidine rings is 1. The zero-order chi connectivity index (χ0) is 35.9. The number of nitrogens with zero attached hydrogens (tertiary/aromatic N) is 4. The highest BCUT2D eigenvalue weighted by Crippen LogP contribution is 2.44. The number of amides is 1. The minimum absolute atomic E-state index is 0.0304. The first-order chi connectivity index (χ1) is 22.8. The molecule has 0 unspecified atom stereocenters. The van der Waals surface area contributed by atoms with Gasteiger partial charge in [-0.05, 0) is 40.7 Å². The van der Waals surface area contributed by atoms with Crippen molar-refractivity contribution in [2.75, 3.05) is 28.9 Å². The van der Waals surface area contributed by atoms with E-state index in [0.29, 0.717) is 15.6 Å². The number of likely N-dealkylation sites (tertiary alicyclic amines) is 1. The number of alkyl halides is 4. The van der Waals surface area contributed by atoms with E-state index in [1.54, 1.807) is 44.5 Å². The summed E-state index contributed by atoms with van der Waals surface area (Å²) in [6, 6.07) is 6.96. The molecule has 18 heteroatoms. The Morgan fingerprint density at radius 1 is 1.08 bits per heavy atom. The third-order valence-corrected chi connectivity index (χ3v) is 9.31. The van der Waals surface area contributed by atoms with E-state index in [1.807, 2.05) is 0 Å². The molecule has 1 aliphatic heterocycles. The van der Waals surface area contributed by atoms with Crippen LogP contribution in [0.5, 0.6) is 11.6 Å². The molecule has 0 spiro atoms. The fourth-order valence-corrected chi connectivity index (χ4v) is 7.07. The Kier molecular flexibility index (Phi) is 9.93. The smallest absolute Gasteiger partial charge is 0.410 e. The van der Waals surface area contributed by atoms with Crippen LogP contribution in [-0.4, -0.2) is 77.2 Å². The van der Waals surface area contributed by atoms with Crippen LogP contribution in [0.3, 0.4) is 0 Å². The zero-order valence-electron chi connectivity index (χ0n) is 27.0. The fourth-order valence-electron chi connectivity index (χ4n) is 5.24. The number of benzene rings is 2. The topological polar surface area (TPSA) is 136 Å². The van der Waals surface area contributed by atoms with Crippen molar-refractivity contribution < 1.29 is 44.6 Å². The number of sulfonamides is 1. The average molecular weight is 729 g/mol. The van der Waals surface area contributed by atoms with Gasteiger partial charge in [-0.15, -0.1) is 11.3 Å². The number of aromatic nitrogens is 3. The van der Waals surface area contributed by atoms with Gasteiger partial charge in [0.15, 0.2) is 11.6 Å². The summed E-state index contributed by atoms with van der Waals surface area (Å²) in [6.45, 7) is 8.21. The number of thiazole rings is 1. The van der Waals surface area contributed by atoms with Crippen LogP contribution < -0.4 is 14.8 Å². The fraction of sp³-hybridized carbons (Fsp3) is 0.419. The highest BCUT2D eigenvalue weighted by Gasteiger charge is 2.36. The number of fused-ring (bicyclic) bond motifs is 1. The van der Waals surface area contributed by atoms with Crippen LogP contribution in [0.4, 0.5) is 38.4 Å². The van der Waals surface area contributed by atoms with Crippen LogP contribution >= 0.6 is 11.3 Å². The molecule has 0 aliphatic carbocycles. The first-order valence-electron chi connectivity index (χ1n) is 14.9. The molecule has 2 aromatic heterocycles. The Bertz CT molecular complexity index is 1980. The molecule has 5 rings (SSSR count). The van der Waals surface area contributed by atoms with Gasteiger partial charge in [-0.1, -0.05) is 24.3 Å². The first kappa shape index (κ1) is 36.0. The van der Waals surface area contributed by atoms with Gasteiger partial charge in [0.1, 0.15) is 22.4 Å². The number of halogens is 5. The van der Waals surface area contributed by atoms with Crippen LogP contribution in [0.1, 0.15) is 37.8 Å². The van der Waals surface area contributed by atoms with Crippen LogP contribution in [0.25, 0.3) is 21.3 Å². The van der Waals surface area contributed by atoms with Gasteiger partial charge in [0.2, 0.25) is 21.9 Å². The molecular formula is C31H33F5N6O5S2. The molecule has 11 nitrogen and oxygen atoms in total. The number of hydrogen-bond acceptors (Lipinski definition) is 10. The molecule has 0 saturated carbocycles. The number of carbonyl (C=O) groups excluding carboxylic acids is 1. The summed E-state index contributed by atoms with van der Waals surface area (Å²) < 4.78 is 107. The van der Waals surface area contributed by atoms with Crippen LogP contribution in [0, 0.1) is 19.7 Å². The molecular weight excluding hydrogens is 696 g/mol. The normalized spacial score (nSPS) is 17.2. The second kappa shape index (κ2) is 13.5. The van der Waals surface area contributed by atoms with Crippen LogP contribution in [0.2, 0.25) is 0 Å². The van der Waals surface area contributed by atoms with E-state index in [9.17, 15) is 30.8 Å². The Hall–Kier alpha value is -4.32. The lowest BCUT2D eigenvalue weighted by molar-refractivity contribution is -0.106. The summed E-state index contributed by atoms with van der Waals surface area (Å²) in [7, 11) is -5.00. The maximum absolute atomic E-state index is 15.8. The maximum atomic E-state index is 15.8. The monoisotopic (exact) mass is 728 g/mol. The SMILES string of the molecule is Cc1nc(Oc2c(C)c(F)c(NS(=O)(=O)CC(F)(F)F)c3ccccc23)c(-c2ccnc(N[C@H]3C[C@H](F)CN(C(=O)OC(C)(C)C)C3)n2)s1. The number of ether oxygens (including phenoxy) is 2. The van der Waals surface area contributed by atoms with E-state index in [1.165, 1.54) is 47.6 Å². The molecule has 4 aromatic rings. The maximum Gasteiger partial charge on any atom is 0.410 e. The van der Waals surface area contributed by atoms with E-state index in [0.717, 1.165) is 0 Å². The Labute approximate surface area is 282 Å². The minimum atomic E-state index is -5.04. The van der Waals surface area contributed by atoms with Gasteiger partial charge in [-0.2, -0.15) is 13.2 Å². The van der Waals surface area contributed by atoms with Crippen molar-refractivity contribution in [3.63, 3.8) is 0 Å². The Morgan fingerprint density at radius 2 is 1.78 bits per heavy atom. The van der Waals surface area contributed by atoms with Crippen molar-refractivity contribution in [2.24, 2.45) is 0 Å². The molecule has 1 fully saturated rings.